The molecule has 0 aromatic heterocycles. The average molecular weight is 338 g/mol. The van der Waals surface area contributed by atoms with Gasteiger partial charge in [-0.15, -0.1) is 12.4 Å². The molecule has 3 amide bonds. The predicted molar refractivity (Wildman–Crippen MR) is 87.7 cm³/mol. The monoisotopic (exact) mass is 337 g/mol. The fourth-order valence-corrected chi connectivity index (χ4v) is 3.04. The number of carbonyl (C=O) groups excluding carboxylic acids is 3. The number of likely N-dealkylation sites (tertiary alicyclic amines) is 1. The third-order valence-electron chi connectivity index (χ3n) is 4.43. The highest BCUT2D eigenvalue weighted by atomic mass is 35.5. The fraction of sp³-hybridized carbons (Fsp3) is 0.438. The molecule has 2 aliphatic rings. The molecule has 1 N–H and O–H groups in total. The quantitative estimate of drug-likeness (QED) is 0.833. The summed E-state index contributed by atoms with van der Waals surface area (Å²) in [5.41, 5.74) is 0.767. The summed E-state index contributed by atoms with van der Waals surface area (Å²) in [5.74, 6) is -0.915. The van der Waals surface area contributed by atoms with Crippen LogP contribution in [0.2, 0.25) is 0 Å². The van der Waals surface area contributed by atoms with Gasteiger partial charge in [0.1, 0.15) is 6.54 Å². The van der Waals surface area contributed by atoms with E-state index in [-0.39, 0.29) is 36.7 Å². The lowest BCUT2D eigenvalue weighted by Gasteiger charge is -2.32. The van der Waals surface area contributed by atoms with Crippen LogP contribution in [0.3, 0.4) is 0 Å². The number of imide groups is 1. The Morgan fingerprint density at radius 2 is 1.65 bits per heavy atom. The summed E-state index contributed by atoms with van der Waals surface area (Å²) in [6, 6.07) is 7.12. The average Bonchev–Trinajstić information content (AvgIpc) is 2.80. The number of halogens is 1. The molecule has 0 radical (unpaired) electrons. The highest BCUT2D eigenvalue weighted by Gasteiger charge is 2.37. The molecule has 0 bridgehead atoms. The van der Waals surface area contributed by atoms with Crippen LogP contribution in [-0.2, 0) is 4.79 Å². The molecule has 2 heterocycles. The third kappa shape index (κ3) is 3.23. The van der Waals surface area contributed by atoms with E-state index in [0.29, 0.717) is 30.3 Å². The molecule has 1 fully saturated rings. The van der Waals surface area contributed by atoms with Gasteiger partial charge in [0.25, 0.3) is 11.8 Å². The largest absolute Gasteiger partial charge is 0.341 e. The number of hydrogen-bond donors (Lipinski definition) is 1. The minimum absolute atomic E-state index is 0. The molecule has 0 atom stereocenters. The van der Waals surface area contributed by atoms with Crippen molar-refractivity contribution in [3.63, 3.8) is 0 Å². The van der Waals surface area contributed by atoms with Crippen LogP contribution >= 0.6 is 12.4 Å². The summed E-state index contributed by atoms with van der Waals surface area (Å²) < 4.78 is 0. The first kappa shape index (κ1) is 17.4. The van der Waals surface area contributed by atoms with E-state index in [1.165, 1.54) is 0 Å². The van der Waals surface area contributed by atoms with Crippen LogP contribution in [0, 0.1) is 0 Å². The number of rotatable bonds is 3. The number of fused-ring (bicyclic) bond motifs is 1. The maximum absolute atomic E-state index is 12.4. The van der Waals surface area contributed by atoms with Gasteiger partial charge in [-0.2, -0.15) is 0 Å². The van der Waals surface area contributed by atoms with Gasteiger partial charge in [-0.25, -0.2) is 0 Å². The van der Waals surface area contributed by atoms with Gasteiger partial charge in [-0.1, -0.05) is 12.1 Å². The molecule has 7 heteroatoms. The molecule has 1 aromatic carbocycles. The Morgan fingerprint density at radius 3 is 2.13 bits per heavy atom. The van der Waals surface area contributed by atoms with E-state index in [4.69, 9.17) is 0 Å². The maximum atomic E-state index is 12.4. The van der Waals surface area contributed by atoms with Crippen molar-refractivity contribution >= 4 is 30.1 Å². The van der Waals surface area contributed by atoms with Gasteiger partial charge in [0.15, 0.2) is 0 Å². The molecule has 3 rings (SSSR count). The van der Waals surface area contributed by atoms with E-state index in [1.807, 2.05) is 7.05 Å². The summed E-state index contributed by atoms with van der Waals surface area (Å²) in [4.78, 5) is 39.6. The number of nitrogens with one attached hydrogen (secondary N) is 1. The van der Waals surface area contributed by atoms with E-state index in [2.05, 4.69) is 5.32 Å². The lowest BCUT2D eigenvalue weighted by atomic mass is 10.1. The Hall–Kier alpha value is -1.92. The van der Waals surface area contributed by atoms with Crippen molar-refractivity contribution in [2.75, 3.05) is 26.7 Å². The normalized spacial score (nSPS) is 18.0. The molecule has 2 aliphatic heterocycles. The third-order valence-corrected chi connectivity index (χ3v) is 4.43. The van der Waals surface area contributed by atoms with E-state index in [9.17, 15) is 14.4 Å². The smallest absolute Gasteiger partial charge is 0.262 e. The zero-order valence-corrected chi connectivity index (χ0v) is 13.8. The second-order valence-electron chi connectivity index (χ2n) is 5.69. The lowest BCUT2D eigenvalue weighted by molar-refractivity contribution is -0.132. The van der Waals surface area contributed by atoms with Crippen molar-refractivity contribution < 1.29 is 14.4 Å². The molecular formula is C16H20ClN3O3. The molecule has 124 valence electrons. The first-order chi connectivity index (χ1) is 10.6. The molecule has 0 unspecified atom stereocenters. The van der Waals surface area contributed by atoms with Crippen LogP contribution in [-0.4, -0.2) is 60.2 Å². The van der Waals surface area contributed by atoms with Gasteiger partial charge in [-0.05, 0) is 32.0 Å². The van der Waals surface area contributed by atoms with E-state index < -0.39 is 0 Å². The van der Waals surface area contributed by atoms with Crippen LogP contribution in [0.1, 0.15) is 33.6 Å². The summed E-state index contributed by atoms with van der Waals surface area (Å²) in [6.07, 6.45) is 1.79. The van der Waals surface area contributed by atoms with Crippen molar-refractivity contribution in [2.24, 2.45) is 0 Å². The zero-order chi connectivity index (χ0) is 15.7. The Bertz CT molecular complexity index is 592. The molecule has 1 aromatic rings. The molecule has 0 aliphatic carbocycles. The van der Waals surface area contributed by atoms with Crippen LogP contribution < -0.4 is 5.32 Å². The summed E-state index contributed by atoms with van der Waals surface area (Å²) in [6.45, 7) is 1.15. The van der Waals surface area contributed by atoms with Gasteiger partial charge in [0, 0.05) is 19.1 Å². The number of nitrogens with zero attached hydrogens (tertiary/aromatic N) is 2. The Morgan fingerprint density at radius 1 is 1.13 bits per heavy atom. The molecular weight excluding hydrogens is 318 g/mol. The van der Waals surface area contributed by atoms with Crippen molar-refractivity contribution in [1.29, 1.82) is 0 Å². The Labute approximate surface area is 141 Å². The summed E-state index contributed by atoms with van der Waals surface area (Å²) in [5, 5.41) is 3.21. The maximum Gasteiger partial charge on any atom is 0.262 e. The highest BCUT2D eigenvalue weighted by Crippen LogP contribution is 2.22. The second-order valence-corrected chi connectivity index (χ2v) is 5.69. The Kier molecular flexibility index (Phi) is 5.38. The molecule has 23 heavy (non-hydrogen) atoms. The Balaban J connectivity index is 0.00000192. The summed E-state index contributed by atoms with van der Waals surface area (Å²) >= 11 is 0. The van der Waals surface area contributed by atoms with E-state index in [0.717, 1.165) is 17.7 Å². The van der Waals surface area contributed by atoms with E-state index in [1.54, 1.807) is 29.2 Å². The summed E-state index contributed by atoms with van der Waals surface area (Å²) in [7, 11) is 1.92. The molecule has 6 nitrogen and oxygen atoms in total. The molecule has 0 saturated carbocycles. The van der Waals surface area contributed by atoms with Crippen molar-refractivity contribution in [1.82, 2.24) is 15.1 Å². The number of hydrogen-bond acceptors (Lipinski definition) is 4. The molecule has 0 spiro atoms. The van der Waals surface area contributed by atoms with Gasteiger partial charge in [0.05, 0.1) is 11.1 Å². The first-order valence-electron chi connectivity index (χ1n) is 7.52. The van der Waals surface area contributed by atoms with Crippen LogP contribution in [0.4, 0.5) is 0 Å². The van der Waals surface area contributed by atoms with Crippen molar-refractivity contribution in [3.8, 4) is 0 Å². The minimum Gasteiger partial charge on any atom is -0.341 e. The number of piperidine rings is 1. The highest BCUT2D eigenvalue weighted by molar-refractivity contribution is 6.22. The fourth-order valence-electron chi connectivity index (χ4n) is 3.04. The van der Waals surface area contributed by atoms with Crippen molar-refractivity contribution in [2.45, 2.75) is 18.9 Å². The van der Waals surface area contributed by atoms with Crippen LogP contribution in [0.15, 0.2) is 24.3 Å². The minimum atomic E-state index is -0.376. The van der Waals surface area contributed by atoms with Crippen molar-refractivity contribution in [3.05, 3.63) is 35.4 Å². The number of carbonyl (C=O) groups is 3. The zero-order valence-electron chi connectivity index (χ0n) is 12.9. The van der Waals surface area contributed by atoms with E-state index >= 15 is 0 Å². The SMILES string of the molecule is CNC1CCN(C(=O)CN2C(=O)c3ccccc3C2=O)CC1.Cl. The lowest BCUT2D eigenvalue weighted by Crippen LogP contribution is -2.48. The standard InChI is InChI=1S/C16H19N3O3.ClH/c1-17-11-6-8-18(9-7-11)14(20)10-19-15(21)12-4-2-3-5-13(12)16(19)22;/h2-5,11,17H,6-10H2,1H3;1H. The van der Waals surface area contributed by atoms with Gasteiger partial charge < -0.3 is 10.2 Å². The topological polar surface area (TPSA) is 69.7 Å². The van der Waals surface area contributed by atoms with Crippen LogP contribution in [0.5, 0.6) is 0 Å². The first-order valence-corrected chi connectivity index (χ1v) is 7.52. The van der Waals surface area contributed by atoms with Gasteiger partial charge in [0.2, 0.25) is 5.91 Å². The predicted octanol–water partition coefficient (Wildman–Crippen LogP) is 0.915. The molecule has 1 saturated heterocycles. The van der Waals surface area contributed by atoms with Crippen LogP contribution in [0.25, 0.3) is 0 Å². The van der Waals surface area contributed by atoms with Gasteiger partial charge in [-0.3, -0.25) is 19.3 Å². The number of benzene rings is 1. The second kappa shape index (κ2) is 7.10. The van der Waals surface area contributed by atoms with Gasteiger partial charge >= 0.3 is 0 Å². The number of amides is 3.